The van der Waals surface area contributed by atoms with Gasteiger partial charge in [0.15, 0.2) is 0 Å². The maximum Gasteiger partial charge on any atom is 0.0678 e. The van der Waals surface area contributed by atoms with Gasteiger partial charge in [-0.15, -0.1) is 0 Å². The molecule has 0 amide bonds. The Bertz CT molecular complexity index is 454. The number of ether oxygens (including phenoxy) is 1. The summed E-state index contributed by atoms with van der Waals surface area (Å²) in [4.78, 5) is 2.48. The summed E-state index contributed by atoms with van der Waals surface area (Å²) in [6.45, 7) is 12.6. The van der Waals surface area contributed by atoms with Crippen LogP contribution in [0.4, 0.5) is 0 Å². The molecule has 1 aliphatic heterocycles. The van der Waals surface area contributed by atoms with Gasteiger partial charge in [-0.1, -0.05) is 41.9 Å². The second-order valence-corrected chi connectivity index (χ2v) is 7.27. The summed E-state index contributed by atoms with van der Waals surface area (Å²) in [6, 6.07) is 7.22. The van der Waals surface area contributed by atoms with Crippen LogP contribution in [0.5, 0.6) is 0 Å². The SMILES string of the molecule is CC(C)NCc1ccc(CN2CC(C)OC(C)C2)c(Br)c1. The number of halogens is 1. The molecule has 1 N–H and O–H groups in total. The summed E-state index contributed by atoms with van der Waals surface area (Å²) in [5, 5.41) is 3.45. The molecular formula is C17H27BrN2O. The van der Waals surface area contributed by atoms with Crippen LogP contribution >= 0.6 is 15.9 Å². The average Bonchev–Trinajstić information content (AvgIpc) is 2.38. The van der Waals surface area contributed by atoms with Crippen LogP contribution in [0.2, 0.25) is 0 Å². The van der Waals surface area contributed by atoms with Crippen molar-refractivity contribution in [2.24, 2.45) is 0 Å². The van der Waals surface area contributed by atoms with Crippen LogP contribution < -0.4 is 5.32 Å². The number of nitrogens with zero attached hydrogens (tertiary/aromatic N) is 1. The van der Waals surface area contributed by atoms with Crippen LogP contribution in [0, 0.1) is 0 Å². The monoisotopic (exact) mass is 354 g/mol. The molecule has 0 saturated carbocycles. The van der Waals surface area contributed by atoms with Crippen LogP contribution in [0.3, 0.4) is 0 Å². The lowest BCUT2D eigenvalue weighted by Gasteiger charge is -2.35. The van der Waals surface area contributed by atoms with Gasteiger partial charge in [-0.05, 0) is 31.0 Å². The van der Waals surface area contributed by atoms with Crippen molar-refractivity contribution in [3.63, 3.8) is 0 Å². The Hall–Kier alpha value is -0.420. The molecule has 118 valence electrons. The van der Waals surface area contributed by atoms with E-state index in [2.05, 4.69) is 72.0 Å². The molecule has 2 atom stereocenters. The molecule has 4 heteroatoms. The van der Waals surface area contributed by atoms with Crippen LogP contribution in [-0.4, -0.2) is 36.2 Å². The zero-order valence-corrected chi connectivity index (χ0v) is 15.1. The first-order valence-electron chi connectivity index (χ1n) is 7.82. The first-order valence-corrected chi connectivity index (χ1v) is 8.62. The summed E-state index contributed by atoms with van der Waals surface area (Å²) < 4.78 is 7.00. The lowest BCUT2D eigenvalue weighted by molar-refractivity contribution is -0.0705. The topological polar surface area (TPSA) is 24.5 Å². The van der Waals surface area contributed by atoms with E-state index in [0.717, 1.165) is 26.2 Å². The third-order valence-electron chi connectivity index (χ3n) is 3.72. The molecule has 1 aromatic carbocycles. The van der Waals surface area contributed by atoms with E-state index in [1.807, 2.05) is 0 Å². The summed E-state index contributed by atoms with van der Waals surface area (Å²) >= 11 is 3.73. The van der Waals surface area contributed by atoms with Crippen LogP contribution in [-0.2, 0) is 17.8 Å². The minimum Gasteiger partial charge on any atom is -0.373 e. The average molecular weight is 355 g/mol. The molecule has 0 radical (unpaired) electrons. The third-order valence-corrected chi connectivity index (χ3v) is 4.46. The van der Waals surface area contributed by atoms with Gasteiger partial charge >= 0.3 is 0 Å². The highest BCUT2D eigenvalue weighted by atomic mass is 79.9. The lowest BCUT2D eigenvalue weighted by Crippen LogP contribution is -2.44. The number of nitrogens with one attached hydrogen (secondary N) is 1. The largest absolute Gasteiger partial charge is 0.373 e. The Morgan fingerprint density at radius 2 is 1.95 bits per heavy atom. The molecule has 2 unspecified atom stereocenters. The second kappa shape index (κ2) is 7.73. The predicted octanol–water partition coefficient (Wildman–Crippen LogP) is 3.56. The van der Waals surface area contributed by atoms with Gasteiger partial charge < -0.3 is 10.1 Å². The van der Waals surface area contributed by atoms with E-state index in [1.165, 1.54) is 15.6 Å². The van der Waals surface area contributed by atoms with Crippen molar-refractivity contribution in [3.8, 4) is 0 Å². The Balaban J connectivity index is 1.97. The molecule has 0 aliphatic carbocycles. The highest BCUT2D eigenvalue weighted by molar-refractivity contribution is 9.10. The molecule has 0 aromatic heterocycles. The first kappa shape index (κ1) is 16.9. The Morgan fingerprint density at radius 1 is 1.29 bits per heavy atom. The number of rotatable bonds is 5. The van der Waals surface area contributed by atoms with E-state index in [1.54, 1.807) is 0 Å². The predicted molar refractivity (Wildman–Crippen MR) is 91.4 cm³/mol. The highest BCUT2D eigenvalue weighted by Crippen LogP contribution is 2.22. The van der Waals surface area contributed by atoms with Gasteiger partial charge in [-0.2, -0.15) is 0 Å². The standard InChI is InChI=1S/C17H27BrN2O/c1-12(2)19-8-15-5-6-16(17(18)7-15)11-20-9-13(3)21-14(4)10-20/h5-7,12-14,19H,8-11H2,1-4H3. The zero-order chi connectivity index (χ0) is 15.4. The molecule has 1 saturated heterocycles. The Labute approximate surface area is 137 Å². The Kier molecular flexibility index (Phi) is 6.23. The lowest BCUT2D eigenvalue weighted by atomic mass is 10.1. The molecule has 1 aliphatic rings. The van der Waals surface area contributed by atoms with Crippen LogP contribution in [0.15, 0.2) is 22.7 Å². The van der Waals surface area contributed by atoms with Crippen molar-refractivity contribution in [3.05, 3.63) is 33.8 Å². The molecular weight excluding hydrogens is 328 g/mol. The number of benzene rings is 1. The van der Waals surface area contributed by atoms with Crippen LogP contribution in [0.25, 0.3) is 0 Å². The van der Waals surface area contributed by atoms with Crippen molar-refractivity contribution in [1.82, 2.24) is 10.2 Å². The Morgan fingerprint density at radius 3 is 2.52 bits per heavy atom. The van der Waals surface area contributed by atoms with E-state index in [4.69, 9.17) is 4.74 Å². The van der Waals surface area contributed by atoms with Crippen molar-refractivity contribution in [1.29, 1.82) is 0 Å². The van der Waals surface area contributed by atoms with E-state index < -0.39 is 0 Å². The fourth-order valence-electron chi connectivity index (χ4n) is 2.81. The maximum atomic E-state index is 5.80. The molecule has 21 heavy (non-hydrogen) atoms. The van der Waals surface area contributed by atoms with Gasteiger partial charge in [0.05, 0.1) is 12.2 Å². The summed E-state index contributed by atoms with van der Waals surface area (Å²) in [5.41, 5.74) is 2.67. The van der Waals surface area contributed by atoms with E-state index in [0.29, 0.717) is 18.2 Å². The molecule has 1 heterocycles. The summed E-state index contributed by atoms with van der Waals surface area (Å²) in [6.07, 6.45) is 0.643. The van der Waals surface area contributed by atoms with E-state index in [-0.39, 0.29) is 0 Å². The molecule has 1 fully saturated rings. The van der Waals surface area contributed by atoms with Crippen molar-refractivity contribution < 1.29 is 4.74 Å². The zero-order valence-electron chi connectivity index (χ0n) is 13.5. The number of morpholine rings is 1. The molecule has 0 bridgehead atoms. The van der Waals surface area contributed by atoms with Crippen molar-refractivity contribution in [2.45, 2.75) is 59.0 Å². The van der Waals surface area contributed by atoms with E-state index in [9.17, 15) is 0 Å². The molecule has 2 rings (SSSR count). The fraction of sp³-hybridized carbons (Fsp3) is 0.647. The van der Waals surface area contributed by atoms with Gasteiger partial charge in [-0.3, -0.25) is 4.90 Å². The number of hydrogen-bond acceptors (Lipinski definition) is 3. The van der Waals surface area contributed by atoms with Crippen molar-refractivity contribution in [2.75, 3.05) is 13.1 Å². The fourth-order valence-corrected chi connectivity index (χ4v) is 3.36. The van der Waals surface area contributed by atoms with Gasteiger partial charge in [0.25, 0.3) is 0 Å². The minimum atomic E-state index is 0.321. The maximum absolute atomic E-state index is 5.80. The molecule has 3 nitrogen and oxygen atoms in total. The minimum absolute atomic E-state index is 0.321. The number of hydrogen-bond donors (Lipinski definition) is 1. The van der Waals surface area contributed by atoms with Gasteiger partial charge in [-0.25, -0.2) is 0 Å². The normalized spacial score (nSPS) is 23.7. The smallest absolute Gasteiger partial charge is 0.0678 e. The quantitative estimate of drug-likeness (QED) is 0.874. The van der Waals surface area contributed by atoms with Gasteiger partial charge in [0.2, 0.25) is 0 Å². The second-order valence-electron chi connectivity index (χ2n) is 6.41. The van der Waals surface area contributed by atoms with Crippen molar-refractivity contribution >= 4 is 15.9 Å². The third kappa shape index (κ3) is 5.37. The summed E-state index contributed by atoms with van der Waals surface area (Å²) in [5.74, 6) is 0. The molecule has 0 spiro atoms. The molecule has 1 aromatic rings. The first-order chi connectivity index (χ1) is 9.94. The van der Waals surface area contributed by atoms with E-state index >= 15 is 0 Å². The summed E-state index contributed by atoms with van der Waals surface area (Å²) in [7, 11) is 0. The van der Waals surface area contributed by atoms with Gasteiger partial charge in [0, 0.05) is 36.7 Å². The highest BCUT2D eigenvalue weighted by Gasteiger charge is 2.22. The van der Waals surface area contributed by atoms with Gasteiger partial charge in [0.1, 0.15) is 0 Å². The van der Waals surface area contributed by atoms with Crippen LogP contribution in [0.1, 0.15) is 38.8 Å².